The molecule has 72 valence electrons. The molecule has 2 nitrogen and oxygen atoms in total. The van der Waals surface area contributed by atoms with Gasteiger partial charge in [-0.05, 0) is 31.6 Å². The van der Waals surface area contributed by atoms with Crippen LogP contribution in [-0.2, 0) is 6.42 Å². The third-order valence-electron chi connectivity index (χ3n) is 2.97. The first-order valence-electron chi connectivity index (χ1n) is 4.76. The van der Waals surface area contributed by atoms with E-state index in [2.05, 4.69) is 4.98 Å². The lowest BCUT2D eigenvalue weighted by atomic mass is 9.67. The van der Waals surface area contributed by atoms with Crippen LogP contribution in [0.15, 0.2) is 6.20 Å². The number of aliphatic hydroxyl groups is 1. The molecule has 0 atom stereocenters. The molecule has 3 heteroatoms. The second-order valence-corrected chi connectivity index (χ2v) is 5.35. The normalized spacial score (nSPS) is 19.8. The average Bonchev–Trinajstić information content (AvgIpc) is 2.44. The van der Waals surface area contributed by atoms with E-state index in [1.807, 2.05) is 13.1 Å². The van der Waals surface area contributed by atoms with Gasteiger partial charge in [0.25, 0.3) is 0 Å². The van der Waals surface area contributed by atoms with Crippen molar-refractivity contribution >= 4 is 11.3 Å². The predicted molar refractivity (Wildman–Crippen MR) is 53.9 cm³/mol. The molecule has 0 aromatic carbocycles. The lowest BCUT2D eigenvalue weighted by Gasteiger charge is -2.40. The summed E-state index contributed by atoms with van der Waals surface area (Å²) in [6.45, 7) is 2.37. The Morgan fingerprint density at radius 2 is 2.38 bits per heavy atom. The SMILES string of the molecule is Cc1ncc(CC2(CO)CCC2)s1. The molecule has 0 amide bonds. The molecular weight excluding hydrogens is 182 g/mol. The third-order valence-corrected chi connectivity index (χ3v) is 3.88. The van der Waals surface area contributed by atoms with Crippen LogP contribution in [0.1, 0.15) is 29.1 Å². The van der Waals surface area contributed by atoms with Gasteiger partial charge < -0.3 is 5.11 Å². The number of hydrogen-bond donors (Lipinski definition) is 1. The van der Waals surface area contributed by atoms with Crippen molar-refractivity contribution in [3.63, 3.8) is 0 Å². The second kappa shape index (κ2) is 3.39. The van der Waals surface area contributed by atoms with Gasteiger partial charge in [0.15, 0.2) is 0 Å². The average molecular weight is 197 g/mol. The lowest BCUT2D eigenvalue weighted by molar-refractivity contribution is 0.0458. The predicted octanol–water partition coefficient (Wildman–Crippen LogP) is 2.16. The van der Waals surface area contributed by atoms with Crippen molar-refractivity contribution in [1.82, 2.24) is 4.98 Å². The van der Waals surface area contributed by atoms with Crippen molar-refractivity contribution in [3.8, 4) is 0 Å². The molecule has 1 fully saturated rings. The van der Waals surface area contributed by atoms with Crippen LogP contribution in [0.4, 0.5) is 0 Å². The van der Waals surface area contributed by atoms with Gasteiger partial charge in [-0.1, -0.05) is 6.42 Å². The summed E-state index contributed by atoms with van der Waals surface area (Å²) in [6.07, 6.45) is 6.62. The first kappa shape index (κ1) is 9.16. The third kappa shape index (κ3) is 1.76. The minimum absolute atomic E-state index is 0.207. The fourth-order valence-electron chi connectivity index (χ4n) is 1.92. The van der Waals surface area contributed by atoms with Crippen LogP contribution in [-0.4, -0.2) is 16.7 Å². The van der Waals surface area contributed by atoms with E-state index in [1.165, 1.54) is 24.1 Å². The van der Waals surface area contributed by atoms with Gasteiger partial charge in [-0.2, -0.15) is 0 Å². The van der Waals surface area contributed by atoms with E-state index in [4.69, 9.17) is 0 Å². The Bertz CT molecular complexity index is 285. The molecule has 0 saturated heterocycles. The molecule has 1 aliphatic rings. The highest BCUT2D eigenvalue weighted by atomic mass is 32.1. The van der Waals surface area contributed by atoms with Gasteiger partial charge >= 0.3 is 0 Å². The van der Waals surface area contributed by atoms with E-state index in [1.54, 1.807) is 11.3 Å². The molecule has 0 aliphatic heterocycles. The monoisotopic (exact) mass is 197 g/mol. The van der Waals surface area contributed by atoms with Crippen molar-refractivity contribution in [3.05, 3.63) is 16.1 Å². The Morgan fingerprint density at radius 3 is 2.77 bits per heavy atom. The van der Waals surface area contributed by atoms with Crippen LogP contribution in [0.3, 0.4) is 0 Å². The van der Waals surface area contributed by atoms with Crippen molar-refractivity contribution in [2.24, 2.45) is 5.41 Å². The molecule has 0 unspecified atom stereocenters. The first-order chi connectivity index (χ1) is 6.24. The van der Waals surface area contributed by atoms with Gasteiger partial charge in [0, 0.05) is 17.7 Å². The van der Waals surface area contributed by atoms with Crippen molar-refractivity contribution < 1.29 is 5.11 Å². The Balaban J connectivity index is 2.04. The number of aromatic nitrogens is 1. The molecule has 2 rings (SSSR count). The summed E-state index contributed by atoms with van der Waals surface area (Å²) < 4.78 is 0. The Hall–Kier alpha value is -0.410. The van der Waals surface area contributed by atoms with E-state index < -0.39 is 0 Å². The molecule has 1 N–H and O–H groups in total. The topological polar surface area (TPSA) is 33.1 Å². The minimum Gasteiger partial charge on any atom is -0.396 e. The quantitative estimate of drug-likeness (QED) is 0.805. The molecule has 1 aromatic rings. The fraction of sp³-hybridized carbons (Fsp3) is 0.700. The van der Waals surface area contributed by atoms with E-state index in [-0.39, 0.29) is 5.41 Å². The number of aryl methyl sites for hydroxylation is 1. The molecule has 1 aromatic heterocycles. The molecule has 0 bridgehead atoms. The maximum atomic E-state index is 9.29. The largest absolute Gasteiger partial charge is 0.396 e. The van der Waals surface area contributed by atoms with Crippen LogP contribution in [0, 0.1) is 12.3 Å². The van der Waals surface area contributed by atoms with Crippen molar-refractivity contribution in [2.75, 3.05) is 6.61 Å². The van der Waals surface area contributed by atoms with Crippen LogP contribution in [0.2, 0.25) is 0 Å². The van der Waals surface area contributed by atoms with Crippen LogP contribution in [0.5, 0.6) is 0 Å². The van der Waals surface area contributed by atoms with E-state index >= 15 is 0 Å². The standard InChI is InChI=1S/C10H15NOS/c1-8-11-6-9(13-8)5-10(7-12)3-2-4-10/h6,12H,2-5,7H2,1H3. The summed E-state index contributed by atoms with van der Waals surface area (Å²) >= 11 is 1.76. The Morgan fingerprint density at radius 1 is 1.62 bits per heavy atom. The van der Waals surface area contributed by atoms with Gasteiger partial charge in [-0.3, -0.25) is 0 Å². The van der Waals surface area contributed by atoms with Crippen molar-refractivity contribution in [2.45, 2.75) is 32.6 Å². The number of rotatable bonds is 3. The summed E-state index contributed by atoms with van der Waals surface area (Å²) in [6, 6.07) is 0. The molecule has 13 heavy (non-hydrogen) atoms. The maximum Gasteiger partial charge on any atom is 0.0896 e. The van der Waals surface area contributed by atoms with Crippen molar-refractivity contribution in [1.29, 1.82) is 0 Å². The number of hydrogen-bond acceptors (Lipinski definition) is 3. The highest BCUT2D eigenvalue weighted by Crippen LogP contribution is 2.43. The fourth-order valence-corrected chi connectivity index (χ4v) is 2.89. The minimum atomic E-state index is 0.207. The maximum absolute atomic E-state index is 9.29. The van der Waals surface area contributed by atoms with Gasteiger partial charge in [-0.25, -0.2) is 4.98 Å². The summed E-state index contributed by atoms with van der Waals surface area (Å²) in [5.74, 6) is 0. The highest BCUT2D eigenvalue weighted by Gasteiger charge is 2.36. The van der Waals surface area contributed by atoms with Crippen LogP contribution >= 0.6 is 11.3 Å². The molecule has 0 radical (unpaired) electrons. The molecule has 1 aliphatic carbocycles. The zero-order valence-electron chi connectivity index (χ0n) is 7.92. The highest BCUT2D eigenvalue weighted by molar-refractivity contribution is 7.11. The number of thiazole rings is 1. The molecule has 1 saturated carbocycles. The second-order valence-electron chi connectivity index (χ2n) is 4.03. The van der Waals surface area contributed by atoms with Gasteiger partial charge in [-0.15, -0.1) is 11.3 Å². The van der Waals surface area contributed by atoms with Gasteiger partial charge in [0.05, 0.1) is 5.01 Å². The molecule has 1 heterocycles. The van der Waals surface area contributed by atoms with E-state index in [9.17, 15) is 5.11 Å². The van der Waals surface area contributed by atoms with Crippen LogP contribution in [0.25, 0.3) is 0 Å². The summed E-state index contributed by atoms with van der Waals surface area (Å²) in [5, 5.41) is 10.4. The summed E-state index contributed by atoms with van der Waals surface area (Å²) in [5.41, 5.74) is 0.207. The Labute approximate surface area is 82.6 Å². The van der Waals surface area contributed by atoms with Gasteiger partial charge in [0.2, 0.25) is 0 Å². The smallest absolute Gasteiger partial charge is 0.0896 e. The van der Waals surface area contributed by atoms with E-state index in [0.717, 1.165) is 11.4 Å². The zero-order valence-corrected chi connectivity index (χ0v) is 8.73. The zero-order chi connectivity index (χ0) is 9.31. The molecule has 0 spiro atoms. The lowest BCUT2D eigenvalue weighted by Crippen LogP contribution is -2.35. The number of nitrogens with zero attached hydrogens (tertiary/aromatic N) is 1. The summed E-state index contributed by atoms with van der Waals surface area (Å²) in [7, 11) is 0. The molecular formula is C10H15NOS. The van der Waals surface area contributed by atoms with Crippen LogP contribution < -0.4 is 0 Å². The summed E-state index contributed by atoms with van der Waals surface area (Å²) in [4.78, 5) is 5.56. The number of aliphatic hydroxyl groups excluding tert-OH is 1. The van der Waals surface area contributed by atoms with E-state index in [0.29, 0.717) is 6.61 Å². The first-order valence-corrected chi connectivity index (χ1v) is 5.58. The Kier molecular flexibility index (Phi) is 2.39. The van der Waals surface area contributed by atoms with Gasteiger partial charge in [0.1, 0.15) is 0 Å².